The number of esters is 2. The standard InChI is InChI=1S/C17H18FN5O6/c1-4-16(26)14(28-10(3)25)17(18,5-6-27-9(2)24)29-15(16)23-8-22-11-12(19)20-7-21-13(11)23/h1,7-8,14-15,26H,5-6H2,2-3H3,(H2,19,20,21)/t14-,15+,16+,17+/m0/s1. The van der Waals surface area contributed by atoms with Crippen molar-refractivity contribution in [3.8, 4) is 12.3 Å². The van der Waals surface area contributed by atoms with Crippen LogP contribution in [0.2, 0.25) is 0 Å². The van der Waals surface area contributed by atoms with Crippen LogP contribution in [0.4, 0.5) is 10.2 Å². The number of nitrogens with zero attached hydrogens (tertiary/aromatic N) is 4. The Hall–Kier alpha value is -3.30. The summed E-state index contributed by atoms with van der Waals surface area (Å²) in [7, 11) is 0. The lowest BCUT2D eigenvalue weighted by Crippen LogP contribution is -2.51. The first-order chi connectivity index (χ1) is 13.6. The molecule has 29 heavy (non-hydrogen) atoms. The average Bonchev–Trinajstić information content (AvgIpc) is 3.16. The third-order valence-electron chi connectivity index (χ3n) is 4.38. The third kappa shape index (κ3) is 3.45. The maximum absolute atomic E-state index is 15.8. The molecule has 0 bridgehead atoms. The van der Waals surface area contributed by atoms with Crippen molar-refractivity contribution in [3.63, 3.8) is 0 Å². The zero-order valence-electron chi connectivity index (χ0n) is 15.5. The Morgan fingerprint density at radius 2 is 2.14 bits per heavy atom. The summed E-state index contributed by atoms with van der Waals surface area (Å²) in [5.41, 5.74) is 3.60. The van der Waals surface area contributed by atoms with Gasteiger partial charge in [0.25, 0.3) is 5.85 Å². The van der Waals surface area contributed by atoms with E-state index in [4.69, 9.17) is 26.4 Å². The fraction of sp³-hybridized carbons (Fsp3) is 0.471. The highest BCUT2D eigenvalue weighted by molar-refractivity contribution is 5.81. The third-order valence-corrected chi connectivity index (χ3v) is 4.38. The van der Waals surface area contributed by atoms with E-state index in [0.29, 0.717) is 0 Å². The van der Waals surface area contributed by atoms with Crippen LogP contribution in [-0.2, 0) is 23.8 Å². The molecule has 12 heteroatoms. The van der Waals surface area contributed by atoms with E-state index >= 15 is 4.39 Å². The molecule has 3 heterocycles. The lowest BCUT2D eigenvalue weighted by Gasteiger charge is -2.30. The van der Waals surface area contributed by atoms with Crippen molar-refractivity contribution in [1.82, 2.24) is 19.5 Å². The van der Waals surface area contributed by atoms with E-state index in [-0.39, 0.29) is 17.0 Å². The number of fused-ring (bicyclic) bond motifs is 1. The Bertz CT molecular complexity index is 1010. The number of nitrogen functional groups attached to an aromatic ring is 1. The minimum Gasteiger partial charge on any atom is -0.466 e. The second-order valence-corrected chi connectivity index (χ2v) is 6.39. The van der Waals surface area contributed by atoms with Gasteiger partial charge in [0.1, 0.15) is 11.8 Å². The second-order valence-electron chi connectivity index (χ2n) is 6.39. The molecular formula is C17H18FN5O6. The number of aliphatic hydroxyl groups is 1. The summed E-state index contributed by atoms with van der Waals surface area (Å²) < 4.78 is 32.1. The number of carbonyl (C=O) groups excluding carboxylic acids is 2. The Kier molecular flexibility index (Phi) is 5.12. The summed E-state index contributed by atoms with van der Waals surface area (Å²) in [5.74, 6) is -2.22. The number of carbonyl (C=O) groups is 2. The van der Waals surface area contributed by atoms with Crippen LogP contribution in [0.15, 0.2) is 12.7 Å². The largest absolute Gasteiger partial charge is 0.466 e. The van der Waals surface area contributed by atoms with E-state index in [1.54, 1.807) is 0 Å². The molecule has 0 spiro atoms. The number of terminal acetylenes is 1. The molecule has 0 amide bonds. The van der Waals surface area contributed by atoms with Crippen LogP contribution in [0.3, 0.4) is 0 Å². The number of imidazole rings is 1. The lowest BCUT2D eigenvalue weighted by molar-refractivity contribution is -0.208. The maximum Gasteiger partial charge on any atom is 0.303 e. The SMILES string of the molecule is C#C[C@]1(O)[C@H](n2cnc3c(N)ncnc32)O[C@](F)(CCOC(C)=O)[C@H]1OC(C)=O. The molecule has 3 rings (SSSR count). The average molecular weight is 407 g/mol. The van der Waals surface area contributed by atoms with E-state index < -0.39 is 48.8 Å². The van der Waals surface area contributed by atoms with Crippen molar-refractivity contribution < 1.29 is 33.3 Å². The molecule has 2 aromatic rings. The minimum absolute atomic E-state index is 0.0499. The number of alkyl halides is 1. The summed E-state index contributed by atoms with van der Waals surface area (Å²) in [4.78, 5) is 34.4. The van der Waals surface area contributed by atoms with Gasteiger partial charge in [-0.1, -0.05) is 5.92 Å². The fourth-order valence-electron chi connectivity index (χ4n) is 3.12. The summed E-state index contributed by atoms with van der Waals surface area (Å²) in [5, 5.41) is 11.1. The van der Waals surface area contributed by atoms with Gasteiger partial charge in [0.15, 0.2) is 17.7 Å². The quantitative estimate of drug-likeness (QED) is 0.506. The minimum atomic E-state index is -2.78. The Balaban J connectivity index is 2.07. The fourth-order valence-corrected chi connectivity index (χ4v) is 3.12. The van der Waals surface area contributed by atoms with Gasteiger partial charge >= 0.3 is 11.9 Å². The molecule has 0 saturated carbocycles. The van der Waals surface area contributed by atoms with Crippen molar-refractivity contribution in [2.24, 2.45) is 0 Å². The molecule has 1 aliphatic heterocycles. The highest BCUT2D eigenvalue weighted by atomic mass is 19.2. The molecule has 11 nitrogen and oxygen atoms in total. The van der Waals surface area contributed by atoms with Gasteiger partial charge in [0.05, 0.1) is 12.9 Å². The monoisotopic (exact) mass is 407 g/mol. The van der Waals surface area contributed by atoms with E-state index in [2.05, 4.69) is 20.9 Å². The second kappa shape index (κ2) is 7.26. The van der Waals surface area contributed by atoms with Gasteiger partial charge in [-0.15, -0.1) is 6.42 Å². The first-order valence-electron chi connectivity index (χ1n) is 8.43. The zero-order valence-corrected chi connectivity index (χ0v) is 15.5. The Labute approximate surface area is 164 Å². The van der Waals surface area contributed by atoms with Crippen molar-refractivity contribution in [2.75, 3.05) is 12.3 Å². The van der Waals surface area contributed by atoms with Gasteiger partial charge in [-0.05, 0) is 0 Å². The summed E-state index contributed by atoms with van der Waals surface area (Å²) in [6.07, 6.45) is 3.75. The number of halogens is 1. The number of hydrogen-bond acceptors (Lipinski definition) is 10. The Morgan fingerprint density at radius 3 is 2.76 bits per heavy atom. The first kappa shape index (κ1) is 20.4. The zero-order chi connectivity index (χ0) is 21.4. The van der Waals surface area contributed by atoms with Gasteiger partial charge < -0.3 is 25.1 Å². The summed E-state index contributed by atoms with van der Waals surface area (Å²) >= 11 is 0. The predicted molar refractivity (Wildman–Crippen MR) is 94.3 cm³/mol. The number of aromatic nitrogens is 4. The predicted octanol–water partition coefficient (Wildman–Crippen LogP) is -0.148. The number of hydrogen-bond donors (Lipinski definition) is 2. The van der Waals surface area contributed by atoms with Gasteiger partial charge in [-0.25, -0.2) is 19.3 Å². The highest BCUT2D eigenvalue weighted by Crippen LogP contribution is 2.49. The first-order valence-corrected chi connectivity index (χ1v) is 8.43. The van der Waals surface area contributed by atoms with E-state index in [9.17, 15) is 14.7 Å². The molecule has 3 N–H and O–H groups in total. The number of ether oxygens (including phenoxy) is 3. The topological polar surface area (TPSA) is 152 Å². The van der Waals surface area contributed by atoms with E-state index in [1.807, 2.05) is 0 Å². The summed E-state index contributed by atoms with van der Waals surface area (Å²) in [6.45, 7) is 1.76. The molecule has 4 atom stereocenters. The van der Waals surface area contributed by atoms with Crippen LogP contribution in [0, 0.1) is 12.3 Å². The van der Waals surface area contributed by atoms with Crippen LogP contribution in [-0.4, -0.2) is 60.7 Å². The van der Waals surface area contributed by atoms with E-state index in [0.717, 1.165) is 24.7 Å². The molecule has 0 unspecified atom stereocenters. The van der Waals surface area contributed by atoms with Crippen LogP contribution in [0.5, 0.6) is 0 Å². The molecule has 0 radical (unpaired) electrons. The van der Waals surface area contributed by atoms with Crippen LogP contribution >= 0.6 is 0 Å². The molecule has 0 aliphatic carbocycles. The molecule has 154 valence electrons. The van der Waals surface area contributed by atoms with E-state index in [1.165, 1.54) is 6.33 Å². The van der Waals surface area contributed by atoms with Gasteiger partial charge in [-0.3, -0.25) is 14.2 Å². The van der Waals surface area contributed by atoms with Gasteiger partial charge in [-0.2, -0.15) is 0 Å². The number of rotatable bonds is 5. The molecule has 2 aromatic heterocycles. The van der Waals surface area contributed by atoms with Gasteiger partial charge in [0, 0.05) is 20.3 Å². The summed E-state index contributed by atoms with van der Waals surface area (Å²) in [6, 6.07) is 0. The van der Waals surface area contributed by atoms with Crippen LogP contribution in [0.25, 0.3) is 11.2 Å². The molecule has 1 saturated heterocycles. The number of anilines is 1. The van der Waals surface area contributed by atoms with Crippen molar-refractivity contribution in [1.29, 1.82) is 0 Å². The van der Waals surface area contributed by atoms with Crippen molar-refractivity contribution in [3.05, 3.63) is 12.7 Å². The molecule has 1 aliphatic rings. The van der Waals surface area contributed by atoms with Gasteiger partial charge in [0.2, 0.25) is 11.7 Å². The van der Waals surface area contributed by atoms with Crippen LogP contribution in [0.1, 0.15) is 26.5 Å². The molecule has 0 aromatic carbocycles. The maximum atomic E-state index is 15.8. The smallest absolute Gasteiger partial charge is 0.303 e. The van der Waals surface area contributed by atoms with Crippen LogP contribution < -0.4 is 5.73 Å². The lowest BCUT2D eigenvalue weighted by atomic mass is 9.92. The molecule has 1 fully saturated rings. The normalized spacial score (nSPS) is 28.8. The van der Waals surface area contributed by atoms with Crippen molar-refractivity contribution in [2.45, 2.75) is 44.1 Å². The number of nitrogens with two attached hydrogens (primary N) is 1. The highest BCUT2D eigenvalue weighted by Gasteiger charge is 2.67. The molecular weight excluding hydrogens is 389 g/mol. The van der Waals surface area contributed by atoms with Crippen molar-refractivity contribution >= 4 is 28.9 Å². The Morgan fingerprint density at radius 1 is 1.41 bits per heavy atom.